The number of aryl methyl sites for hydroxylation is 2. The summed E-state index contributed by atoms with van der Waals surface area (Å²) in [6.45, 7) is 0.850. The summed E-state index contributed by atoms with van der Waals surface area (Å²) in [5.41, 5.74) is 4.55. The number of methoxy groups -OCH3 is 1. The smallest absolute Gasteiger partial charge is 0.0462 e. The molecule has 0 radical (unpaired) electrons. The Labute approximate surface area is 104 Å². The molecule has 0 saturated carbocycles. The molecule has 1 aliphatic carbocycles. The van der Waals surface area contributed by atoms with E-state index in [9.17, 15) is 0 Å². The maximum atomic E-state index is 5.12. The Kier molecular flexibility index (Phi) is 4.57. The number of nitrogens with one attached hydrogen (secondary N) is 1. The highest BCUT2D eigenvalue weighted by Gasteiger charge is 2.14. The molecule has 1 aromatic carbocycles. The van der Waals surface area contributed by atoms with Crippen molar-refractivity contribution in [1.82, 2.24) is 5.32 Å². The maximum Gasteiger partial charge on any atom is 0.0462 e. The molecule has 1 aliphatic rings. The third-order valence-corrected chi connectivity index (χ3v) is 3.71. The normalized spacial score (nSPS) is 15.9. The summed E-state index contributed by atoms with van der Waals surface area (Å²) < 4.78 is 5.12. The molecule has 0 spiro atoms. The molecule has 0 bridgehead atoms. The number of hydrogen-bond acceptors (Lipinski definition) is 2. The quantitative estimate of drug-likeness (QED) is 0.763. The predicted molar refractivity (Wildman–Crippen MR) is 71.4 cm³/mol. The zero-order valence-corrected chi connectivity index (χ0v) is 11.0. The van der Waals surface area contributed by atoms with Gasteiger partial charge in [0.05, 0.1) is 0 Å². The molecule has 0 heterocycles. The Morgan fingerprint density at radius 3 is 2.88 bits per heavy atom. The first-order chi connectivity index (χ1) is 8.35. The van der Waals surface area contributed by atoms with Crippen molar-refractivity contribution in [2.24, 2.45) is 0 Å². The Bertz CT molecular complexity index is 362. The van der Waals surface area contributed by atoms with E-state index < -0.39 is 0 Å². The van der Waals surface area contributed by atoms with Crippen LogP contribution in [0.3, 0.4) is 0 Å². The zero-order valence-electron chi connectivity index (χ0n) is 11.0. The van der Waals surface area contributed by atoms with Crippen LogP contribution in [0.2, 0.25) is 0 Å². The van der Waals surface area contributed by atoms with Gasteiger partial charge in [0.15, 0.2) is 0 Å². The Morgan fingerprint density at radius 1 is 1.29 bits per heavy atom. The van der Waals surface area contributed by atoms with Crippen molar-refractivity contribution in [2.45, 2.75) is 38.1 Å². The van der Waals surface area contributed by atoms with Gasteiger partial charge in [-0.15, -0.1) is 0 Å². The first-order valence-corrected chi connectivity index (χ1v) is 6.63. The summed E-state index contributed by atoms with van der Waals surface area (Å²) in [6, 6.07) is 7.48. The van der Waals surface area contributed by atoms with Crippen LogP contribution < -0.4 is 5.32 Å². The minimum absolute atomic E-state index is 0.469. The first kappa shape index (κ1) is 12.6. The van der Waals surface area contributed by atoms with Gasteiger partial charge in [0, 0.05) is 19.8 Å². The first-order valence-electron chi connectivity index (χ1n) is 6.63. The number of fused-ring (bicyclic) bond motifs is 1. The lowest BCUT2D eigenvalue weighted by atomic mass is 9.98. The molecule has 0 saturated heterocycles. The highest BCUT2D eigenvalue weighted by atomic mass is 16.5. The van der Waals surface area contributed by atoms with E-state index in [0.29, 0.717) is 6.04 Å². The SMILES string of the molecule is CNC(CCCOC)c1ccc2c(c1)CCC2. The van der Waals surface area contributed by atoms with E-state index in [1.807, 2.05) is 7.05 Å². The average molecular weight is 233 g/mol. The van der Waals surface area contributed by atoms with E-state index >= 15 is 0 Å². The van der Waals surface area contributed by atoms with E-state index in [0.717, 1.165) is 19.4 Å². The van der Waals surface area contributed by atoms with Gasteiger partial charge in [-0.25, -0.2) is 0 Å². The molecule has 1 unspecified atom stereocenters. The fourth-order valence-corrected chi connectivity index (χ4v) is 2.72. The second-order valence-electron chi connectivity index (χ2n) is 4.86. The van der Waals surface area contributed by atoms with E-state index in [1.54, 1.807) is 18.2 Å². The molecule has 2 nitrogen and oxygen atoms in total. The lowest BCUT2D eigenvalue weighted by molar-refractivity contribution is 0.189. The van der Waals surface area contributed by atoms with Crippen LogP contribution in [0, 0.1) is 0 Å². The monoisotopic (exact) mass is 233 g/mol. The molecule has 0 aliphatic heterocycles. The van der Waals surface area contributed by atoms with Gasteiger partial charge < -0.3 is 10.1 Å². The summed E-state index contributed by atoms with van der Waals surface area (Å²) in [6.07, 6.45) is 6.11. The number of ether oxygens (including phenoxy) is 1. The lowest BCUT2D eigenvalue weighted by Gasteiger charge is -2.17. The molecule has 2 rings (SSSR count). The third kappa shape index (κ3) is 3.08. The third-order valence-electron chi connectivity index (χ3n) is 3.71. The summed E-state index contributed by atoms with van der Waals surface area (Å²) >= 11 is 0. The van der Waals surface area contributed by atoms with Crippen LogP contribution in [0.5, 0.6) is 0 Å². The molecule has 0 aromatic heterocycles. The van der Waals surface area contributed by atoms with Crippen LogP contribution in [0.1, 0.15) is 42.0 Å². The van der Waals surface area contributed by atoms with Crippen molar-refractivity contribution in [3.05, 3.63) is 34.9 Å². The van der Waals surface area contributed by atoms with Gasteiger partial charge in [-0.05, 0) is 55.8 Å². The average Bonchev–Trinajstić information content (AvgIpc) is 2.82. The van der Waals surface area contributed by atoms with E-state index in [4.69, 9.17) is 4.74 Å². The molecule has 2 heteroatoms. The van der Waals surface area contributed by atoms with Crippen molar-refractivity contribution in [2.75, 3.05) is 20.8 Å². The van der Waals surface area contributed by atoms with Gasteiger partial charge >= 0.3 is 0 Å². The maximum absolute atomic E-state index is 5.12. The second kappa shape index (κ2) is 6.18. The zero-order chi connectivity index (χ0) is 12.1. The van der Waals surface area contributed by atoms with Crippen LogP contribution in [-0.2, 0) is 17.6 Å². The minimum atomic E-state index is 0.469. The van der Waals surface area contributed by atoms with Crippen LogP contribution in [0.25, 0.3) is 0 Å². The molecular weight excluding hydrogens is 210 g/mol. The standard InChI is InChI=1S/C15H23NO/c1-16-15(7-4-10-17-2)14-9-8-12-5-3-6-13(12)11-14/h8-9,11,15-16H,3-7,10H2,1-2H3. The van der Waals surface area contributed by atoms with Gasteiger partial charge in [-0.2, -0.15) is 0 Å². The molecule has 1 N–H and O–H groups in total. The summed E-state index contributed by atoms with van der Waals surface area (Å²) in [4.78, 5) is 0. The van der Waals surface area contributed by atoms with Gasteiger partial charge in [0.2, 0.25) is 0 Å². The Morgan fingerprint density at radius 2 is 2.12 bits per heavy atom. The second-order valence-corrected chi connectivity index (χ2v) is 4.86. The van der Waals surface area contributed by atoms with E-state index in [-0.39, 0.29) is 0 Å². The minimum Gasteiger partial charge on any atom is -0.385 e. The van der Waals surface area contributed by atoms with E-state index in [1.165, 1.54) is 24.8 Å². The number of hydrogen-bond donors (Lipinski definition) is 1. The topological polar surface area (TPSA) is 21.3 Å². The lowest BCUT2D eigenvalue weighted by Crippen LogP contribution is -2.17. The van der Waals surface area contributed by atoms with Crippen molar-refractivity contribution >= 4 is 0 Å². The highest BCUT2D eigenvalue weighted by Crippen LogP contribution is 2.26. The van der Waals surface area contributed by atoms with Gasteiger partial charge in [-0.3, -0.25) is 0 Å². The van der Waals surface area contributed by atoms with Crippen molar-refractivity contribution < 1.29 is 4.74 Å². The van der Waals surface area contributed by atoms with Crippen molar-refractivity contribution in [1.29, 1.82) is 0 Å². The van der Waals surface area contributed by atoms with Crippen LogP contribution in [-0.4, -0.2) is 20.8 Å². The molecule has 1 atom stereocenters. The summed E-state index contributed by atoms with van der Waals surface area (Å²) in [5, 5.41) is 3.41. The van der Waals surface area contributed by atoms with Gasteiger partial charge in [-0.1, -0.05) is 18.2 Å². The van der Waals surface area contributed by atoms with Crippen molar-refractivity contribution in [3.8, 4) is 0 Å². The molecule has 0 fully saturated rings. The largest absolute Gasteiger partial charge is 0.385 e. The fourth-order valence-electron chi connectivity index (χ4n) is 2.72. The van der Waals surface area contributed by atoms with Gasteiger partial charge in [0.25, 0.3) is 0 Å². The molecule has 17 heavy (non-hydrogen) atoms. The Hall–Kier alpha value is -0.860. The van der Waals surface area contributed by atoms with Crippen molar-refractivity contribution in [3.63, 3.8) is 0 Å². The van der Waals surface area contributed by atoms with E-state index in [2.05, 4.69) is 23.5 Å². The molecule has 94 valence electrons. The summed E-state index contributed by atoms with van der Waals surface area (Å²) in [7, 11) is 3.81. The molecule has 1 aromatic rings. The molecular formula is C15H23NO. The highest BCUT2D eigenvalue weighted by molar-refractivity contribution is 5.36. The van der Waals surface area contributed by atoms with Crippen LogP contribution in [0.4, 0.5) is 0 Å². The molecule has 0 amide bonds. The Balaban J connectivity index is 2.03. The van der Waals surface area contributed by atoms with Crippen LogP contribution in [0.15, 0.2) is 18.2 Å². The summed E-state index contributed by atoms with van der Waals surface area (Å²) in [5.74, 6) is 0. The number of benzene rings is 1. The van der Waals surface area contributed by atoms with Gasteiger partial charge in [0.1, 0.15) is 0 Å². The number of rotatable bonds is 6. The predicted octanol–water partition coefficient (Wildman–Crippen LogP) is 2.86. The van der Waals surface area contributed by atoms with Crippen LogP contribution >= 0.6 is 0 Å². The fraction of sp³-hybridized carbons (Fsp3) is 0.600.